The number of rotatable bonds is 4. The molecule has 78 valence electrons. The van der Waals surface area contributed by atoms with Crippen LogP contribution in [-0.2, 0) is 6.54 Å². The number of imidazole rings is 1. The molecule has 0 fully saturated rings. The summed E-state index contributed by atoms with van der Waals surface area (Å²) in [6.45, 7) is 3.74. The Labute approximate surface area is 89.7 Å². The molecular formula is C9H16N4S. The van der Waals surface area contributed by atoms with Crippen molar-refractivity contribution in [2.24, 2.45) is 0 Å². The van der Waals surface area contributed by atoms with Crippen molar-refractivity contribution in [3.8, 4) is 0 Å². The van der Waals surface area contributed by atoms with Gasteiger partial charge in [0.15, 0.2) is 5.11 Å². The SMILES string of the molecule is CCCNC(=S)N(C)Cc1ncc[nH]1. The summed E-state index contributed by atoms with van der Waals surface area (Å²) >= 11 is 5.19. The Morgan fingerprint density at radius 3 is 3.07 bits per heavy atom. The second kappa shape index (κ2) is 5.59. The van der Waals surface area contributed by atoms with Gasteiger partial charge in [0.2, 0.25) is 0 Å². The predicted octanol–water partition coefficient (Wildman–Crippen LogP) is 1.13. The van der Waals surface area contributed by atoms with Gasteiger partial charge in [-0.3, -0.25) is 0 Å². The van der Waals surface area contributed by atoms with Crippen LogP contribution in [0.2, 0.25) is 0 Å². The number of thiocarbonyl (C=S) groups is 1. The zero-order valence-corrected chi connectivity index (χ0v) is 9.40. The van der Waals surface area contributed by atoms with E-state index in [2.05, 4.69) is 22.2 Å². The van der Waals surface area contributed by atoms with E-state index >= 15 is 0 Å². The first-order valence-electron chi connectivity index (χ1n) is 4.71. The van der Waals surface area contributed by atoms with E-state index in [4.69, 9.17) is 12.2 Å². The van der Waals surface area contributed by atoms with E-state index in [0.717, 1.165) is 23.9 Å². The van der Waals surface area contributed by atoms with Crippen molar-refractivity contribution in [1.29, 1.82) is 0 Å². The molecule has 1 aromatic heterocycles. The molecule has 0 atom stereocenters. The van der Waals surface area contributed by atoms with E-state index in [1.165, 1.54) is 0 Å². The van der Waals surface area contributed by atoms with Gasteiger partial charge in [-0.2, -0.15) is 0 Å². The lowest BCUT2D eigenvalue weighted by atomic mass is 10.5. The number of hydrogen-bond donors (Lipinski definition) is 2. The zero-order valence-electron chi connectivity index (χ0n) is 8.58. The molecule has 0 bridgehead atoms. The summed E-state index contributed by atoms with van der Waals surface area (Å²) in [4.78, 5) is 9.14. The minimum atomic E-state index is 0.711. The molecule has 0 aliphatic carbocycles. The Kier molecular flexibility index (Phi) is 4.39. The number of aromatic amines is 1. The third kappa shape index (κ3) is 3.33. The molecule has 14 heavy (non-hydrogen) atoms. The lowest BCUT2D eigenvalue weighted by Crippen LogP contribution is -2.37. The van der Waals surface area contributed by atoms with Gasteiger partial charge in [0.25, 0.3) is 0 Å². The van der Waals surface area contributed by atoms with Crippen LogP contribution in [0.1, 0.15) is 19.2 Å². The van der Waals surface area contributed by atoms with Crippen LogP contribution < -0.4 is 5.32 Å². The summed E-state index contributed by atoms with van der Waals surface area (Å²) < 4.78 is 0. The van der Waals surface area contributed by atoms with Gasteiger partial charge in [0, 0.05) is 26.0 Å². The van der Waals surface area contributed by atoms with Gasteiger partial charge in [0.05, 0.1) is 6.54 Å². The molecular weight excluding hydrogens is 196 g/mol. The molecule has 4 nitrogen and oxygen atoms in total. The number of H-pyrrole nitrogens is 1. The molecule has 0 aromatic carbocycles. The van der Waals surface area contributed by atoms with E-state index in [1.807, 2.05) is 18.1 Å². The average molecular weight is 212 g/mol. The Morgan fingerprint density at radius 2 is 2.50 bits per heavy atom. The third-order valence-electron chi connectivity index (χ3n) is 1.81. The van der Waals surface area contributed by atoms with Gasteiger partial charge in [-0.1, -0.05) is 6.92 Å². The molecule has 0 spiro atoms. The molecule has 0 amide bonds. The first kappa shape index (κ1) is 11.0. The summed E-state index contributed by atoms with van der Waals surface area (Å²) in [6, 6.07) is 0. The fourth-order valence-electron chi connectivity index (χ4n) is 1.05. The standard InChI is InChI=1S/C9H16N4S/c1-3-4-12-9(14)13(2)7-8-10-5-6-11-8/h5-6H,3-4,7H2,1-2H3,(H,10,11)(H,12,14). The predicted molar refractivity (Wildman–Crippen MR) is 60.9 cm³/mol. The summed E-state index contributed by atoms with van der Waals surface area (Å²) in [5.74, 6) is 0.924. The van der Waals surface area contributed by atoms with Gasteiger partial charge < -0.3 is 15.2 Å². The lowest BCUT2D eigenvalue weighted by molar-refractivity contribution is 0.475. The van der Waals surface area contributed by atoms with Crippen molar-refractivity contribution >= 4 is 17.3 Å². The first-order valence-corrected chi connectivity index (χ1v) is 5.12. The maximum absolute atomic E-state index is 5.19. The number of nitrogens with one attached hydrogen (secondary N) is 2. The summed E-state index contributed by atoms with van der Waals surface area (Å²) in [7, 11) is 1.95. The molecule has 0 saturated carbocycles. The second-order valence-electron chi connectivity index (χ2n) is 3.12. The van der Waals surface area contributed by atoms with Crippen LogP contribution in [0, 0.1) is 0 Å². The second-order valence-corrected chi connectivity index (χ2v) is 3.51. The molecule has 0 unspecified atom stereocenters. The first-order chi connectivity index (χ1) is 6.74. The van der Waals surface area contributed by atoms with Crippen molar-refractivity contribution in [2.75, 3.05) is 13.6 Å². The molecule has 1 aromatic rings. The Balaban J connectivity index is 2.34. The Morgan fingerprint density at radius 1 is 1.71 bits per heavy atom. The van der Waals surface area contributed by atoms with Crippen LogP contribution >= 0.6 is 12.2 Å². The average Bonchev–Trinajstić information content (AvgIpc) is 2.66. The highest BCUT2D eigenvalue weighted by molar-refractivity contribution is 7.80. The fourth-order valence-corrected chi connectivity index (χ4v) is 1.21. The summed E-state index contributed by atoms with van der Waals surface area (Å²) in [5, 5.41) is 3.93. The van der Waals surface area contributed by atoms with Crippen molar-refractivity contribution < 1.29 is 0 Å². The molecule has 2 N–H and O–H groups in total. The van der Waals surface area contributed by atoms with Crippen molar-refractivity contribution in [1.82, 2.24) is 20.2 Å². The van der Waals surface area contributed by atoms with Crippen molar-refractivity contribution in [3.63, 3.8) is 0 Å². The smallest absolute Gasteiger partial charge is 0.169 e. The van der Waals surface area contributed by atoms with E-state index in [9.17, 15) is 0 Å². The number of nitrogens with zero attached hydrogens (tertiary/aromatic N) is 2. The normalized spacial score (nSPS) is 9.86. The minimum absolute atomic E-state index is 0.711. The quantitative estimate of drug-likeness (QED) is 0.734. The largest absolute Gasteiger partial charge is 0.363 e. The Bertz CT molecular complexity index is 270. The van der Waals surface area contributed by atoms with Crippen molar-refractivity contribution in [3.05, 3.63) is 18.2 Å². The van der Waals surface area contributed by atoms with Crippen LogP contribution in [-0.4, -0.2) is 33.6 Å². The molecule has 5 heteroatoms. The van der Waals surface area contributed by atoms with E-state index < -0.39 is 0 Å². The van der Waals surface area contributed by atoms with E-state index in [0.29, 0.717) is 6.54 Å². The highest BCUT2D eigenvalue weighted by Crippen LogP contribution is 1.95. The number of hydrogen-bond acceptors (Lipinski definition) is 2. The van der Waals surface area contributed by atoms with Crippen LogP contribution in [0.4, 0.5) is 0 Å². The maximum Gasteiger partial charge on any atom is 0.169 e. The molecule has 0 saturated heterocycles. The number of aromatic nitrogens is 2. The molecule has 1 rings (SSSR count). The van der Waals surface area contributed by atoms with Crippen LogP contribution in [0.15, 0.2) is 12.4 Å². The van der Waals surface area contributed by atoms with E-state index in [1.54, 1.807) is 6.20 Å². The van der Waals surface area contributed by atoms with E-state index in [-0.39, 0.29) is 0 Å². The highest BCUT2D eigenvalue weighted by Gasteiger charge is 2.04. The fraction of sp³-hybridized carbons (Fsp3) is 0.556. The Hall–Kier alpha value is -1.10. The molecule has 0 radical (unpaired) electrons. The topological polar surface area (TPSA) is 44.0 Å². The van der Waals surface area contributed by atoms with Gasteiger partial charge >= 0.3 is 0 Å². The van der Waals surface area contributed by atoms with Gasteiger partial charge in [-0.15, -0.1) is 0 Å². The zero-order chi connectivity index (χ0) is 10.4. The monoisotopic (exact) mass is 212 g/mol. The molecule has 1 heterocycles. The van der Waals surface area contributed by atoms with Crippen molar-refractivity contribution in [2.45, 2.75) is 19.9 Å². The van der Waals surface area contributed by atoms with Crippen LogP contribution in [0.3, 0.4) is 0 Å². The van der Waals surface area contributed by atoms with Gasteiger partial charge in [0.1, 0.15) is 5.82 Å². The van der Waals surface area contributed by atoms with Gasteiger partial charge in [-0.25, -0.2) is 4.98 Å². The summed E-state index contributed by atoms with van der Waals surface area (Å²) in [5.41, 5.74) is 0. The maximum atomic E-state index is 5.19. The third-order valence-corrected chi connectivity index (χ3v) is 2.27. The summed E-state index contributed by atoms with van der Waals surface area (Å²) in [6.07, 6.45) is 4.63. The minimum Gasteiger partial charge on any atom is -0.363 e. The lowest BCUT2D eigenvalue weighted by Gasteiger charge is -2.19. The molecule has 0 aliphatic heterocycles. The van der Waals surface area contributed by atoms with Crippen LogP contribution in [0.25, 0.3) is 0 Å². The van der Waals surface area contributed by atoms with Crippen LogP contribution in [0.5, 0.6) is 0 Å². The van der Waals surface area contributed by atoms with Gasteiger partial charge in [-0.05, 0) is 18.6 Å². The highest BCUT2D eigenvalue weighted by atomic mass is 32.1. The molecule has 0 aliphatic rings.